The second kappa shape index (κ2) is 9.94. The Morgan fingerprint density at radius 1 is 1.07 bits per heavy atom. The van der Waals surface area contributed by atoms with E-state index >= 15 is 0 Å². The summed E-state index contributed by atoms with van der Waals surface area (Å²) in [5.74, 6) is 0.328. The molecule has 0 saturated heterocycles. The highest BCUT2D eigenvalue weighted by atomic mass is 35.5. The van der Waals surface area contributed by atoms with Crippen molar-refractivity contribution < 1.29 is 14.3 Å². The number of carbonyl (C=O) groups is 2. The maximum Gasteiger partial charge on any atom is 0.239 e. The molecule has 27 heavy (non-hydrogen) atoms. The molecule has 1 atom stereocenters. The molecule has 2 aromatic carbocycles. The summed E-state index contributed by atoms with van der Waals surface area (Å²) < 4.78 is 5.25. The molecule has 3 N–H and O–H groups in total. The number of hydrogen-bond acceptors (Lipinski definition) is 4. The molecule has 2 aromatic rings. The number of rotatable bonds is 6. The molecule has 0 aromatic heterocycles. The van der Waals surface area contributed by atoms with Gasteiger partial charge in [-0.1, -0.05) is 42.5 Å². The van der Waals surface area contributed by atoms with Crippen LogP contribution in [0.15, 0.2) is 48.5 Å². The fraction of sp³-hybridized carbons (Fsp3) is 0.300. The largest absolute Gasteiger partial charge is 0.496 e. The third-order valence-corrected chi connectivity index (χ3v) is 4.49. The Bertz CT molecular complexity index is 798. The van der Waals surface area contributed by atoms with E-state index in [9.17, 15) is 9.59 Å². The summed E-state index contributed by atoms with van der Waals surface area (Å²) >= 11 is 0. The number of carbonyl (C=O) groups excluding carboxylic acids is 2. The molecule has 1 aliphatic rings. The molecule has 0 bridgehead atoms. The zero-order chi connectivity index (χ0) is 18.4. The Labute approximate surface area is 165 Å². The van der Waals surface area contributed by atoms with E-state index in [1.165, 1.54) is 11.1 Å². The van der Waals surface area contributed by atoms with Gasteiger partial charge in [-0.05, 0) is 23.6 Å². The van der Waals surface area contributed by atoms with Gasteiger partial charge in [0.15, 0.2) is 0 Å². The molecule has 0 spiro atoms. The summed E-state index contributed by atoms with van der Waals surface area (Å²) in [5, 5.41) is 8.71. The summed E-state index contributed by atoms with van der Waals surface area (Å²) in [5.41, 5.74) is 3.28. The summed E-state index contributed by atoms with van der Waals surface area (Å²) in [4.78, 5) is 24.3. The molecule has 0 fully saturated rings. The topological polar surface area (TPSA) is 79.5 Å². The first-order chi connectivity index (χ1) is 12.7. The first-order valence-electron chi connectivity index (χ1n) is 8.64. The van der Waals surface area contributed by atoms with Crippen LogP contribution in [0.3, 0.4) is 0 Å². The van der Waals surface area contributed by atoms with Crippen LogP contribution in [-0.4, -0.2) is 31.5 Å². The van der Waals surface area contributed by atoms with Gasteiger partial charge in [0.2, 0.25) is 11.8 Å². The molecule has 0 aliphatic carbocycles. The molecule has 1 aliphatic heterocycles. The average molecular weight is 390 g/mol. The lowest BCUT2D eigenvalue weighted by atomic mass is 9.95. The van der Waals surface area contributed by atoms with Gasteiger partial charge in [0.25, 0.3) is 0 Å². The van der Waals surface area contributed by atoms with Crippen molar-refractivity contribution in [3.05, 3.63) is 65.2 Å². The standard InChI is InChI=1S/C20H23N3O3.ClH/c1-26-18-9-5-4-8-16(18)12-22-19(24)13-23-20(25)17-10-14-6-2-3-7-15(14)11-21-17;/h2-9,17,21H,10-13H2,1H3,(H,22,24)(H,23,25);1H/t17-;/m0./s1. The van der Waals surface area contributed by atoms with Gasteiger partial charge in [0.1, 0.15) is 5.75 Å². The molecule has 6 nitrogen and oxygen atoms in total. The van der Waals surface area contributed by atoms with Crippen molar-refractivity contribution in [2.75, 3.05) is 13.7 Å². The molecule has 0 unspecified atom stereocenters. The van der Waals surface area contributed by atoms with Crippen molar-refractivity contribution in [3.8, 4) is 5.75 Å². The van der Waals surface area contributed by atoms with Gasteiger partial charge < -0.3 is 20.7 Å². The van der Waals surface area contributed by atoms with Crippen molar-refractivity contribution in [2.24, 2.45) is 0 Å². The van der Waals surface area contributed by atoms with Gasteiger partial charge in [-0.3, -0.25) is 9.59 Å². The number of methoxy groups -OCH3 is 1. The van der Waals surface area contributed by atoms with Crippen LogP contribution in [0, 0.1) is 0 Å². The molecule has 144 valence electrons. The van der Waals surface area contributed by atoms with E-state index in [1.54, 1.807) is 7.11 Å². The van der Waals surface area contributed by atoms with Gasteiger partial charge in [0.05, 0.1) is 19.7 Å². The number of ether oxygens (including phenoxy) is 1. The first kappa shape index (κ1) is 20.7. The van der Waals surface area contributed by atoms with E-state index in [0.717, 1.165) is 11.3 Å². The second-order valence-electron chi connectivity index (χ2n) is 6.21. The number of amides is 2. The normalized spacial score (nSPS) is 15.1. The van der Waals surface area contributed by atoms with Gasteiger partial charge in [-0.25, -0.2) is 0 Å². The number of fused-ring (bicyclic) bond motifs is 1. The Morgan fingerprint density at radius 3 is 2.56 bits per heavy atom. The fourth-order valence-corrected chi connectivity index (χ4v) is 3.04. The van der Waals surface area contributed by atoms with Gasteiger partial charge in [0, 0.05) is 18.7 Å². The predicted molar refractivity (Wildman–Crippen MR) is 106 cm³/mol. The molecular weight excluding hydrogens is 366 g/mol. The fourth-order valence-electron chi connectivity index (χ4n) is 3.04. The van der Waals surface area contributed by atoms with Crippen LogP contribution in [0.2, 0.25) is 0 Å². The van der Waals surface area contributed by atoms with Gasteiger partial charge >= 0.3 is 0 Å². The number of nitrogens with one attached hydrogen (secondary N) is 3. The van der Waals surface area contributed by atoms with Crippen LogP contribution in [0.4, 0.5) is 0 Å². The lowest BCUT2D eigenvalue weighted by Crippen LogP contribution is -2.49. The quantitative estimate of drug-likeness (QED) is 0.700. The summed E-state index contributed by atoms with van der Waals surface area (Å²) in [7, 11) is 1.59. The van der Waals surface area contributed by atoms with Gasteiger partial charge in [-0.15, -0.1) is 12.4 Å². The first-order valence-corrected chi connectivity index (χ1v) is 8.64. The third-order valence-electron chi connectivity index (χ3n) is 4.49. The predicted octanol–water partition coefficient (Wildman–Crippen LogP) is 1.56. The monoisotopic (exact) mass is 389 g/mol. The molecule has 2 amide bonds. The highest BCUT2D eigenvalue weighted by Crippen LogP contribution is 2.17. The molecular formula is C20H24ClN3O3. The minimum absolute atomic E-state index is 0. The van der Waals surface area contributed by atoms with Crippen molar-refractivity contribution >= 4 is 24.2 Å². The van der Waals surface area contributed by atoms with Crippen molar-refractivity contribution in [1.29, 1.82) is 0 Å². The van der Waals surface area contributed by atoms with E-state index < -0.39 is 0 Å². The summed E-state index contributed by atoms with van der Waals surface area (Å²) in [6, 6.07) is 15.2. The van der Waals surface area contributed by atoms with E-state index in [1.807, 2.05) is 42.5 Å². The molecule has 7 heteroatoms. The summed E-state index contributed by atoms with van der Waals surface area (Å²) in [6.45, 7) is 0.968. The van der Waals surface area contributed by atoms with Crippen LogP contribution < -0.4 is 20.7 Å². The smallest absolute Gasteiger partial charge is 0.239 e. The van der Waals surface area contributed by atoms with E-state index in [4.69, 9.17) is 4.74 Å². The highest BCUT2D eigenvalue weighted by Gasteiger charge is 2.23. The van der Waals surface area contributed by atoms with Crippen LogP contribution in [-0.2, 0) is 29.1 Å². The number of hydrogen-bond donors (Lipinski definition) is 3. The maximum atomic E-state index is 12.3. The Hall–Kier alpha value is -2.57. The molecule has 0 radical (unpaired) electrons. The van der Waals surface area contributed by atoms with Crippen LogP contribution in [0.25, 0.3) is 0 Å². The highest BCUT2D eigenvalue weighted by molar-refractivity contribution is 5.87. The number of para-hydroxylation sites is 1. The Morgan fingerprint density at radius 2 is 1.78 bits per heavy atom. The van der Waals surface area contributed by atoms with Crippen LogP contribution >= 0.6 is 12.4 Å². The second-order valence-corrected chi connectivity index (χ2v) is 6.21. The summed E-state index contributed by atoms with van der Waals surface area (Å²) in [6.07, 6.45) is 0.630. The minimum atomic E-state index is -0.313. The van der Waals surface area contributed by atoms with Crippen LogP contribution in [0.1, 0.15) is 16.7 Å². The van der Waals surface area contributed by atoms with Crippen molar-refractivity contribution in [1.82, 2.24) is 16.0 Å². The van der Waals surface area contributed by atoms with E-state index in [0.29, 0.717) is 19.5 Å². The van der Waals surface area contributed by atoms with Crippen LogP contribution in [0.5, 0.6) is 5.75 Å². The van der Waals surface area contributed by atoms with Crippen molar-refractivity contribution in [2.45, 2.75) is 25.6 Å². The minimum Gasteiger partial charge on any atom is -0.496 e. The SMILES string of the molecule is COc1ccccc1CNC(=O)CNC(=O)[C@@H]1Cc2ccccc2CN1.Cl. The lowest BCUT2D eigenvalue weighted by Gasteiger charge is -2.25. The van der Waals surface area contributed by atoms with E-state index in [-0.39, 0.29) is 36.8 Å². The molecule has 3 rings (SSSR count). The van der Waals surface area contributed by atoms with Gasteiger partial charge in [-0.2, -0.15) is 0 Å². The zero-order valence-corrected chi connectivity index (χ0v) is 16.0. The maximum absolute atomic E-state index is 12.3. The third kappa shape index (κ3) is 5.45. The lowest BCUT2D eigenvalue weighted by molar-refractivity contribution is -0.127. The van der Waals surface area contributed by atoms with Crippen molar-refractivity contribution in [3.63, 3.8) is 0 Å². The number of benzene rings is 2. The van der Waals surface area contributed by atoms with E-state index in [2.05, 4.69) is 22.0 Å². The molecule has 0 saturated carbocycles. The number of halogens is 1. The Balaban J connectivity index is 0.00000261. The molecule has 1 heterocycles. The Kier molecular flexibility index (Phi) is 7.64. The zero-order valence-electron chi connectivity index (χ0n) is 15.2. The average Bonchev–Trinajstić information content (AvgIpc) is 2.70.